The van der Waals surface area contributed by atoms with Crippen LogP contribution in [0.5, 0.6) is 5.88 Å². The van der Waals surface area contributed by atoms with Gasteiger partial charge in [-0.1, -0.05) is 29.3 Å². The molecule has 24 heavy (non-hydrogen) atoms. The van der Waals surface area contributed by atoms with Crippen molar-refractivity contribution in [2.45, 2.75) is 26.1 Å². The second-order valence-electron chi connectivity index (χ2n) is 5.01. The first kappa shape index (κ1) is 18.5. The Morgan fingerprint density at radius 2 is 2.04 bits per heavy atom. The van der Waals surface area contributed by atoms with Crippen molar-refractivity contribution in [2.75, 3.05) is 6.61 Å². The SMILES string of the molecule is CCO[C@@H](CC(=O)O)c1ccc(OCc2ccc(Cl)c(Cl)c2)nc1. The van der Waals surface area contributed by atoms with Gasteiger partial charge in [-0.05, 0) is 36.2 Å². The van der Waals surface area contributed by atoms with Gasteiger partial charge in [0.1, 0.15) is 6.61 Å². The van der Waals surface area contributed by atoms with Crippen molar-refractivity contribution in [3.05, 3.63) is 57.7 Å². The lowest BCUT2D eigenvalue weighted by molar-refractivity contribution is -0.140. The number of nitrogens with zero attached hydrogens (tertiary/aromatic N) is 1. The Kier molecular flexibility index (Phi) is 6.85. The lowest BCUT2D eigenvalue weighted by Crippen LogP contribution is -2.10. The highest BCUT2D eigenvalue weighted by atomic mass is 35.5. The molecule has 1 aromatic heterocycles. The minimum absolute atomic E-state index is 0.112. The molecule has 1 heterocycles. The van der Waals surface area contributed by atoms with E-state index in [1.807, 2.05) is 13.0 Å². The summed E-state index contributed by atoms with van der Waals surface area (Å²) < 4.78 is 11.0. The Labute approximate surface area is 150 Å². The van der Waals surface area contributed by atoms with E-state index in [1.54, 1.807) is 30.5 Å². The van der Waals surface area contributed by atoms with E-state index in [-0.39, 0.29) is 6.42 Å². The van der Waals surface area contributed by atoms with Gasteiger partial charge >= 0.3 is 5.97 Å². The minimum Gasteiger partial charge on any atom is -0.481 e. The number of carboxylic acids is 1. The lowest BCUT2D eigenvalue weighted by atomic mass is 10.1. The number of benzene rings is 1. The molecule has 2 aromatic rings. The Bertz CT molecular complexity index is 691. The first-order valence-corrected chi connectivity index (χ1v) is 8.11. The molecule has 0 bridgehead atoms. The van der Waals surface area contributed by atoms with E-state index in [9.17, 15) is 4.79 Å². The predicted octanol–water partition coefficient (Wildman–Crippen LogP) is 4.52. The summed E-state index contributed by atoms with van der Waals surface area (Å²) in [7, 11) is 0. The van der Waals surface area contributed by atoms with Gasteiger partial charge in [-0.2, -0.15) is 0 Å². The van der Waals surface area contributed by atoms with E-state index in [4.69, 9.17) is 37.8 Å². The van der Waals surface area contributed by atoms with Crippen LogP contribution in [0, 0.1) is 0 Å². The molecule has 1 atom stereocenters. The number of hydrogen-bond donors (Lipinski definition) is 1. The highest BCUT2D eigenvalue weighted by Gasteiger charge is 2.16. The average molecular weight is 370 g/mol. The Balaban J connectivity index is 2.00. The van der Waals surface area contributed by atoms with Crippen molar-refractivity contribution in [3.63, 3.8) is 0 Å². The van der Waals surface area contributed by atoms with Crippen molar-refractivity contribution in [3.8, 4) is 5.88 Å². The molecule has 1 aromatic carbocycles. The normalized spacial score (nSPS) is 12.0. The Hall–Kier alpha value is -1.82. The lowest BCUT2D eigenvalue weighted by Gasteiger charge is -2.15. The maximum Gasteiger partial charge on any atom is 0.306 e. The first-order valence-electron chi connectivity index (χ1n) is 7.35. The van der Waals surface area contributed by atoms with Gasteiger partial charge in [-0.25, -0.2) is 4.98 Å². The smallest absolute Gasteiger partial charge is 0.306 e. The van der Waals surface area contributed by atoms with E-state index in [1.165, 1.54) is 0 Å². The fourth-order valence-corrected chi connectivity index (χ4v) is 2.41. The number of carboxylic acid groups (broad SMARTS) is 1. The molecule has 0 aliphatic heterocycles. The molecule has 128 valence electrons. The van der Waals surface area contributed by atoms with Crippen LogP contribution in [-0.4, -0.2) is 22.7 Å². The van der Waals surface area contributed by atoms with Crippen LogP contribution >= 0.6 is 23.2 Å². The van der Waals surface area contributed by atoms with Crippen molar-refractivity contribution in [1.29, 1.82) is 0 Å². The summed E-state index contributed by atoms with van der Waals surface area (Å²) in [4.78, 5) is 15.1. The minimum atomic E-state index is -0.923. The Morgan fingerprint density at radius 1 is 1.25 bits per heavy atom. The molecule has 0 radical (unpaired) electrons. The van der Waals surface area contributed by atoms with Crippen molar-refractivity contribution >= 4 is 29.2 Å². The Morgan fingerprint density at radius 3 is 2.62 bits per heavy atom. The number of ether oxygens (including phenoxy) is 2. The van der Waals surface area contributed by atoms with Crippen LogP contribution in [0.3, 0.4) is 0 Å². The van der Waals surface area contributed by atoms with Gasteiger partial charge < -0.3 is 14.6 Å². The van der Waals surface area contributed by atoms with Crippen LogP contribution in [0.25, 0.3) is 0 Å². The van der Waals surface area contributed by atoms with Crippen LogP contribution in [0.1, 0.15) is 30.6 Å². The third-order valence-corrected chi connectivity index (χ3v) is 3.97. The highest BCUT2D eigenvalue weighted by molar-refractivity contribution is 6.42. The fraction of sp³-hybridized carbons (Fsp3) is 0.294. The van der Waals surface area contributed by atoms with E-state index < -0.39 is 12.1 Å². The zero-order valence-electron chi connectivity index (χ0n) is 13.0. The van der Waals surface area contributed by atoms with Gasteiger partial charge in [0.05, 0.1) is 22.6 Å². The molecule has 0 spiro atoms. The summed E-state index contributed by atoms with van der Waals surface area (Å²) in [6, 6.07) is 8.69. The quantitative estimate of drug-likeness (QED) is 0.740. The molecule has 2 rings (SSSR count). The van der Waals surface area contributed by atoms with Crippen LogP contribution < -0.4 is 4.74 Å². The number of aliphatic carboxylic acids is 1. The van der Waals surface area contributed by atoms with Crippen LogP contribution in [0.2, 0.25) is 10.0 Å². The molecule has 0 saturated carbocycles. The van der Waals surface area contributed by atoms with Crippen LogP contribution in [0.15, 0.2) is 36.5 Å². The van der Waals surface area contributed by atoms with Gasteiger partial charge in [0.2, 0.25) is 5.88 Å². The molecular weight excluding hydrogens is 353 g/mol. The molecule has 0 fully saturated rings. The second kappa shape index (κ2) is 8.87. The summed E-state index contributed by atoms with van der Waals surface area (Å²) in [5.74, 6) is -0.496. The summed E-state index contributed by atoms with van der Waals surface area (Å²) in [5.41, 5.74) is 1.56. The molecule has 7 heteroatoms. The summed E-state index contributed by atoms with van der Waals surface area (Å²) in [5, 5.41) is 9.89. The van der Waals surface area contributed by atoms with Crippen LogP contribution in [-0.2, 0) is 16.1 Å². The van der Waals surface area contributed by atoms with Gasteiger partial charge in [-0.3, -0.25) is 4.79 Å². The van der Waals surface area contributed by atoms with Crippen molar-refractivity contribution < 1.29 is 19.4 Å². The van der Waals surface area contributed by atoms with Gasteiger partial charge in [0, 0.05) is 18.9 Å². The summed E-state index contributed by atoms with van der Waals surface area (Å²) in [6.45, 7) is 2.54. The number of hydrogen-bond acceptors (Lipinski definition) is 4. The zero-order valence-corrected chi connectivity index (χ0v) is 14.5. The molecule has 0 saturated heterocycles. The number of carbonyl (C=O) groups is 1. The average Bonchev–Trinajstić information content (AvgIpc) is 2.56. The molecular formula is C17H17Cl2NO4. The van der Waals surface area contributed by atoms with Gasteiger partial charge in [0.15, 0.2) is 0 Å². The van der Waals surface area contributed by atoms with Crippen LogP contribution in [0.4, 0.5) is 0 Å². The molecule has 0 aliphatic rings. The summed E-state index contributed by atoms with van der Waals surface area (Å²) >= 11 is 11.8. The van der Waals surface area contributed by atoms with Crippen molar-refractivity contribution in [2.24, 2.45) is 0 Å². The van der Waals surface area contributed by atoms with E-state index in [0.29, 0.717) is 34.7 Å². The van der Waals surface area contributed by atoms with Gasteiger partial charge in [0.25, 0.3) is 0 Å². The van der Waals surface area contributed by atoms with E-state index >= 15 is 0 Å². The second-order valence-corrected chi connectivity index (χ2v) is 5.82. The summed E-state index contributed by atoms with van der Waals surface area (Å²) in [6.07, 6.45) is 0.927. The van der Waals surface area contributed by atoms with E-state index in [0.717, 1.165) is 5.56 Å². The topological polar surface area (TPSA) is 68.7 Å². The molecule has 5 nitrogen and oxygen atoms in total. The molecule has 0 amide bonds. The highest BCUT2D eigenvalue weighted by Crippen LogP contribution is 2.24. The fourth-order valence-electron chi connectivity index (χ4n) is 2.09. The molecule has 0 unspecified atom stereocenters. The molecule has 0 aliphatic carbocycles. The zero-order chi connectivity index (χ0) is 17.5. The van der Waals surface area contributed by atoms with E-state index in [2.05, 4.69) is 4.98 Å². The first-order chi connectivity index (χ1) is 11.5. The standard InChI is InChI=1S/C17H17Cl2NO4/c1-2-23-15(8-17(21)22)12-4-6-16(20-9-12)24-10-11-3-5-13(18)14(19)7-11/h3-7,9,15H,2,8,10H2,1H3,(H,21,22)/t15-/m0/s1. The van der Waals surface area contributed by atoms with Crippen molar-refractivity contribution in [1.82, 2.24) is 4.98 Å². The monoisotopic (exact) mass is 369 g/mol. The molecule has 1 N–H and O–H groups in total. The number of pyridine rings is 1. The maximum atomic E-state index is 10.9. The number of aromatic nitrogens is 1. The third kappa shape index (κ3) is 5.37. The largest absolute Gasteiger partial charge is 0.481 e. The number of rotatable bonds is 8. The maximum absolute atomic E-state index is 10.9. The number of halogens is 2. The predicted molar refractivity (Wildman–Crippen MR) is 91.7 cm³/mol. The van der Waals surface area contributed by atoms with Gasteiger partial charge in [-0.15, -0.1) is 0 Å². The third-order valence-electron chi connectivity index (χ3n) is 3.23.